The smallest absolute Gasteiger partial charge is 0.0298 e. The summed E-state index contributed by atoms with van der Waals surface area (Å²) in [6.45, 7) is 4.05. The van der Waals surface area contributed by atoms with Crippen molar-refractivity contribution in [3.63, 3.8) is 0 Å². The molecule has 0 aliphatic rings. The SMILES string of the molecule is CC(NCC(Cc1ccccc1)NCc1ccccc1)c1cccc2ccccc12. The molecule has 2 unspecified atom stereocenters. The first kappa shape index (κ1) is 20.3. The maximum atomic E-state index is 3.79. The van der Waals surface area contributed by atoms with E-state index in [1.54, 1.807) is 0 Å². The van der Waals surface area contributed by atoms with Gasteiger partial charge in [-0.3, -0.25) is 0 Å². The van der Waals surface area contributed by atoms with Gasteiger partial charge in [0.1, 0.15) is 0 Å². The first-order valence-corrected chi connectivity index (χ1v) is 10.8. The molecule has 0 saturated carbocycles. The van der Waals surface area contributed by atoms with Crippen molar-refractivity contribution in [2.45, 2.75) is 32.0 Å². The Balaban J connectivity index is 1.45. The van der Waals surface area contributed by atoms with E-state index in [-0.39, 0.29) is 6.04 Å². The van der Waals surface area contributed by atoms with E-state index in [4.69, 9.17) is 0 Å². The third-order valence-corrected chi connectivity index (χ3v) is 5.72. The molecule has 2 atom stereocenters. The van der Waals surface area contributed by atoms with Crippen LogP contribution in [0.4, 0.5) is 0 Å². The zero-order valence-corrected chi connectivity index (χ0v) is 17.6. The molecule has 152 valence electrons. The van der Waals surface area contributed by atoms with Crippen molar-refractivity contribution in [3.8, 4) is 0 Å². The molecule has 0 fully saturated rings. The predicted molar refractivity (Wildman–Crippen MR) is 128 cm³/mol. The highest BCUT2D eigenvalue weighted by molar-refractivity contribution is 5.86. The molecule has 0 saturated heterocycles. The minimum absolute atomic E-state index is 0.285. The molecule has 4 aromatic carbocycles. The van der Waals surface area contributed by atoms with E-state index in [0.717, 1.165) is 19.5 Å². The monoisotopic (exact) mass is 394 g/mol. The molecule has 2 nitrogen and oxygen atoms in total. The lowest BCUT2D eigenvalue weighted by molar-refractivity contribution is 0.443. The average molecular weight is 395 g/mol. The zero-order valence-electron chi connectivity index (χ0n) is 17.6. The Morgan fingerprint density at radius 2 is 1.27 bits per heavy atom. The van der Waals surface area contributed by atoms with Crippen molar-refractivity contribution in [2.75, 3.05) is 6.54 Å². The van der Waals surface area contributed by atoms with E-state index in [0.29, 0.717) is 6.04 Å². The molecular formula is C28H30N2. The third kappa shape index (κ3) is 5.35. The van der Waals surface area contributed by atoms with Gasteiger partial charge in [0, 0.05) is 25.2 Å². The minimum Gasteiger partial charge on any atom is -0.309 e. The van der Waals surface area contributed by atoms with Gasteiger partial charge in [0.05, 0.1) is 0 Å². The molecule has 2 N–H and O–H groups in total. The second kappa shape index (κ2) is 10.2. The van der Waals surface area contributed by atoms with E-state index < -0.39 is 0 Å². The lowest BCUT2D eigenvalue weighted by atomic mass is 9.99. The first-order valence-electron chi connectivity index (χ1n) is 10.8. The van der Waals surface area contributed by atoms with Gasteiger partial charge < -0.3 is 10.6 Å². The van der Waals surface area contributed by atoms with Gasteiger partial charge in [0.25, 0.3) is 0 Å². The van der Waals surface area contributed by atoms with E-state index in [9.17, 15) is 0 Å². The maximum absolute atomic E-state index is 3.79. The van der Waals surface area contributed by atoms with Crippen LogP contribution in [0.5, 0.6) is 0 Å². The summed E-state index contributed by atoms with van der Waals surface area (Å²) in [5, 5.41) is 10.2. The summed E-state index contributed by atoms with van der Waals surface area (Å²) in [7, 11) is 0. The van der Waals surface area contributed by atoms with Crippen LogP contribution in [-0.2, 0) is 13.0 Å². The van der Waals surface area contributed by atoms with Crippen LogP contribution in [0, 0.1) is 0 Å². The number of hydrogen-bond acceptors (Lipinski definition) is 2. The summed E-state index contributed by atoms with van der Waals surface area (Å²) < 4.78 is 0. The average Bonchev–Trinajstić information content (AvgIpc) is 2.81. The summed E-state index contributed by atoms with van der Waals surface area (Å²) in [6.07, 6.45) is 1.00. The van der Waals surface area contributed by atoms with Crippen molar-refractivity contribution in [1.82, 2.24) is 10.6 Å². The molecule has 4 aromatic rings. The fourth-order valence-corrected chi connectivity index (χ4v) is 4.03. The topological polar surface area (TPSA) is 24.1 Å². The minimum atomic E-state index is 0.285. The molecule has 0 spiro atoms. The third-order valence-electron chi connectivity index (χ3n) is 5.72. The molecule has 0 heterocycles. The van der Waals surface area contributed by atoms with Crippen molar-refractivity contribution in [1.29, 1.82) is 0 Å². The standard InChI is InChI=1S/C28H30N2/c1-22(27-18-10-16-25-15-8-9-17-28(25)27)29-21-26(19-23-11-4-2-5-12-23)30-20-24-13-6-3-7-14-24/h2-18,22,26,29-30H,19-21H2,1H3. The molecule has 0 amide bonds. The second-order valence-corrected chi connectivity index (χ2v) is 7.95. The number of fused-ring (bicyclic) bond motifs is 1. The fraction of sp³-hybridized carbons (Fsp3) is 0.214. The van der Waals surface area contributed by atoms with E-state index in [1.807, 2.05) is 0 Å². The number of nitrogens with one attached hydrogen (secondary N) is 2. The quantitative estimate of drug-likeness (QED) is 0.370. The Labute approximate surface area is 180 Å². The lowest BCUT2D eigenvalue weighted by Crippen LogP contribution is -2.40. The molecule has 0 aromatic heterocycles. The summed E-state index contributed by atoms with van der Waals surface area (Å²) in [6, 6.07) is 37.2. The van der Waals surface area contributed by atoms with Crippen LogP contribution in [-0.4, -0.2) is 12.6 Å². The molecule has 0 aliphatic carbocycles. The van der Waals surface area contributed by atoms with Gasteiger partial charge in [-0.1, -0.05) is 103 Å². The van der Waals surface area contributed by atoms with Crippen molar-refractivity contribution in [3.05, 3.63) is 120 Å². The van der Waals surface area contributed by atoms with Gasteiger partial charge in [-0.05, 0) is 40.8 Å². The Kier molecular flexibility index (Phi) is 6.91. The Morgan fingerprint density at radius 1 is 0.633 bits per heavy atom. The number of benzene rings is 4. The Hall–Kier alpha value is -2.94. The molecular weight excluding hydrogens is 364 g/mol. The largest absolute Gasteiger partial charge is 0.309 e. The van der Waals surface area contributed by atoms with E-state index >= 15 is 0 Å². The summed E-state index contributed by atoms with van der Waals surface area (Å²) in [5.74, 6) is 0. The van der Waals surface area contributed by atoms with Gasteiger partial charge >= 0.3 is 0 Å². The Bertz CT molecular complexity index is 1040. The summed E-state index contributed by atoms with van der Waals surface area (Å²) >= 11 is 0. The lowest BCUT2D eigenvalue weighted by Gasteiger charge is -2.23. The van der Waals surface area contributed by atoms with Crippen LogP contribution in [0.1, 0.15) is 29.7 Å². The number of rotatable bonds is 9. The van der Waals surface area contributed by atoms with E-state index in [1.165, 1.54) is 27.5 Å². The van der Waals surface area contributed by atoms with Crippen molar-refractivity contribution >= 4 is 10.8 Å². The van der Waals surface area contributed by atoms with Crippen LogP contribution in [0.15, 0.2) is 103 Å². The van der Waals surface area contributed by atoms with Gasteiger partial charge in [0.2, 0.25) is 0 Å². The van der Waals surface area contributed by atoms with E-state index in [2.05, 4.69) is 121 Å². The van der Waals surface area contributed by atoms with Gasteiger partial charge in [-0.2, -0.15) is 0 Å². The first-order chi connectivity index (χ1) is 14.8. The van der Waals surface area contributed by atoms with Crippen molar-refractivity contribution in [2.24, 2.45) is 0 Å². The maximum Gasteiger partial charge on any atom is 0.0298 e. The van der Waals surface area contributed by atoms with Crippen LogP contribution >= 0.6 is 0 Å². The van der Waals surface area contributed by atoms with Crippen LogP contribution in [0.25, 0.3) is 10.8 Å². The fourth-order valence-electron chi connectivity index (χ4n) is 4.03. The van der Waals surface area contributed by atoms with Gasteiger partial charge in [-0.25, -0.2) is 0 Å². The van der Waals surface area contributed by atoms with Gasteiger partial charge in [0.15, 0.2) is 0 Å². The normalized spacial score (nSPS) is 13.2. The predicted octanol–water partition coefficient (Wildman–Crippen LogP) is 5.89. The molecule has 2 heteroatoms. The summed E-state index contributed by atoms with van der Waals surface area (Å²) in [4.78, 5) is 0. The second-order valence-electron chi connectivity index (χ2n) is 7.95. The van der Waals surface area contributed by atoms with Crippen LogP contribution in [0.2, 0.25) is 0 Å². The number of hydrogen-bond donors (Lipinski definition) is 2. The molecule has 4 rings (SSSR count). The van der Waals surface area contributed by atoms with Crippen LogP contribution < -0.4 is 10.6 Å². The van der Waals surface area contributed by atoms with Crippen molar-refractivity contribution < 1.29 is 0 Å². The molecule has 0 radical (unpaired) electrons. The summed E-state index contributed by atoms with van der Waals surface area (Å²) in [5.41, 5.74) is 4.04. The molecule has 0 bridgehead atoms. The highest BCUT2D eigenvalue weighted by Crippen LogP contribution is 2.24. The highest BCUT2D eigenvalue weighted by Gasteiger charge is 2.13. The highest BCUT2D eigenvalue weighted by atomic mass is 15.0. The molecule has 30 heavy (non-hydrogen) atoms. The molecule has 0 aliphatic heterocycles. The Morgan fingerprint density at radius 3 is 2.03 bits per heavy atom. The van der Waals surface area contributed by atoms with Crippen LogP contribution in [0.3, 0.4) is 0 Å². The van der Waals surface area contributed by atoms with Gasteiger partial charge in [-0.15, -0.1) is 0 Å². The zero-order chi connectivity index (χ0) is 20.6.